The molecule has 0 saturated heterocycles. The average Bonchev–Trinajstić information content (AvgIpc) is 2.68. The van der Waals surface area contributed by atoms with E-state index in [2.05, 4.69) is 0 Å². The van der Waals surface area contributed by atoms with Crippen molar-refractivity contribution in [2.45, 2.75) is 0 Å². The van der Waals surface area contributed by atoms with E-state index in [-0.39, 0.29) is 5.97 Å². The molecule has 0 aromatic heterocycles. The van der Waals surface area contributed by atoms with Crippen LogP contribution in [0.1, 0.15) is 15.9 Å². The van der Waals surface area contributed by atoms with E-state index in [0.29, 0.717) is 11.3 Å². The lowest BCUT2D eigenvalue weighted by atomic mass is 9.60. The highest BCUT2D eigenvalue weighted by Gasteiger charge is 2.56. The summed E-state index contributed by atoms with van der Waals surface area (Å²) in [6.07, 6.45) is 2.00. The Morgan fingerprint density at radius 1 is 0.760 bits per heavy atom. The Balaban J connectivity index is 1.84. The number of carbonyl (C=O) groups excluding carboxylic acids is 1. The predicted molar refractivity (Wildman–Crippen MR) is 95.8 cm³/mol. The van der Waals surface area contributed by atoms with E-state index < -0.39 is 6.69 Å². The molecule has 4 nitrogen and oxygen atoms in total. The summed E-state index contributed by atoms with van der Waals surface area (Å²) in [4.78, 5) is 12.7. The topological polar surface area (TPSA) is 38.5 Å². The Morgan fingerprint density at radius 2 is 1.48 bits per heavy atom. The maximum absolute atomic E-state index is 12.7. The number of rotatable bonds is 1. The lowest BCUT2D eigenvalue weighted by Gasteiger charge is -2.42. The molecule has 25 heavy (non-hydrogen) atoms. The van der Waals surface area contributed by atoms with Gasteiger partial charge in [0.25, 0.3) is 0 Å². The molecule has 1 unspecified atom stereocenters. The number of nitrogens with zero attached hydrogens (tertiary/aromatic N) is 1. The summed E-state index contributed by atoms with van der Waals surface area (Å²) in [5, 5.41) is 0. The van der Waals surface area contributed by atoms with Gasteiger partial charge in [0.1, 0.15) is 11.8 Å². The second kappa shape index (κ2) is 5.08. The van der Waals surface area contributed by atoms with E-state index in [1.165, 1.54) is 0 Å². The van der Waals surface area contributed by atoms with Gasteiger partial charge < -0.3 is 13.8 Å². The normalized spacial score (nSPS) is 20.3. The maximum atomic E-state index is 12.7. The minimum absolute atomic E-state index is 0.372. The number of carbonyl (C=O) groups is 1. The van der Waals surface area contributed by atoms with Crippen LogP contribution in [0.3, 0.4) is 0 Å². The molecule has 0 N–H and O–H groups in total. The first-order valence-corrected chi connectivity index (χ1v) is 8.22. The summed E-state index contributed by atoms with van der Waals surface area (Å²) in [6.45, 7) is -2.19. The van der Waals surface area contributed by atoms with Gasteiger partial charge in [-0.3, -0.25) is 4.79 Å². The fraction of sp³-hybridized carbons (Fsp3) is 0. The Hall–Kier alpha value is -3.34. The molecule has 0 aliphatic carbocycles. The number of hydrogen-bond acceptors (Lipinski definition) is 3. The third kappa shape index (κ3) is 1.96. The molecule has 2 aliphatic rings. The molecule has 2 aliphatic heterocycles. The van der Waals surface area contributed by atoms with Crippen molar-refractivity contribution in [1.29, 1.82) is 0 Å². The average molecular weight is 327 g/mol. The van der Waals surface area contributed by atoms with Crippen LogP contribution in [0, 0.1) is 0 Å². The van der Waals surface area contributed by atoms with Crippen LogP contribution in [0.4, 0.5) is 5.69 Å². The van der Waals surface area contributed by atoms with Crippen molar-refractivity contribution in [3.8, 4) is 5.75 Å². The zero-order valence-corrected chi connectivity index (χ0v) is 13.3. The monoisotopic (exact) mass is 327 g/mol. The largest absolute Gasteiger partial charge is 0.686 e. The first-order chi connectivity index (χ1) is 12.3. The van der Waals surface area contributed by atoms with Crippen molar-refractivity contribution in [3.05, 3.63) is 90.0 Å². The van der Waals surface area contributed by atoms with Gasteiger partial charge in [0.05, 0.1) is 11.3 Å². The van der Waals surface area contributed by atoms with Crippen LogP contribution < -0.4 is 10.1 Å². The van der Waals surface area contributed by atoms with Gasteiger partial charge in [-0.25, -0.2) is 0 Å². The molecule has 0 amide bonds. The number of para-hydroxylation sites is 2. The van der Waals surface area contributed by atoms with Crippen LogP contribution in [-0.4, -0.2) is 23.4 Å². The molecule has 2 heterocycles. The summed E-state index contributed by atoms with van der Waals surface area (Å²) in [5.41, 5.74) is 3.09. The second-order valence-corrected chi connectivity index (χ2v) is 6.20. The Labute approximate surface area is 145 Å². The first kappa shape index (κ1) is 14.0. The molecular weight excluding hydrogens is 313 g/mol. The fourth-order valence-corrected chi connectivity index (χ4v) is 3.58. The summed E-state index contributed by atoms with van der Waals surface area (Å²) >= 11 is 0. The van der Waals surface area contributed by atoms with Crippen LogP contribution in [-0.2, 0) is 4.65 Å². The lowest BCUT2D eigenvalue weighted by molar-refractivity contribution is -0.334. The van der Waals surface area contributed by atoms with Gasteiger partial charge in [-0.1, -0.05) is 54.6 Å². The summed E-state index contributed by atoms with van der Waals surface area (Å²) in [6, 6.07) is 24.8. The molecule has 120 valence electrons. The van der Waals surface area contributed by atoms with E-state index >= 15 is 0 Å². The lowest BCUT2D eigenvalue weighted by Crippen LogP contribution is -2.68. The van der Waals surface area contributed by atoms with E-state index in [9.17, 15) is 4.79 Å². The molecule has 5 heteroatoms. The molecular formula is C20H14BNO3. The van der Waals surface area contributed by atoms with Crippen LogP contribution in [0.5, 0.6) is 5.75 Å². The van der Waals surface area contributed by atoms with Gasteiger partial charge in [0, 0.05) is 6.07 Å². The molecule has 0 fully saturated rings. The fourth-order valence-electron chi connectivity index (χ4n) is 3.58. The van der Waals surface area contributed by atoms with Crippen molar-refractivity contribution in [2.24, 2.45) is 0 Å². The van der Waals surface area contributed by atoms with Crippen molar-refractivity contribution in [3.63, 3.8) is 0 Å². The van der Waals surface area contributed by atoms with Crippen molar-refractivity contribution >= 4 is 30.0 Å². The highest BCUT2D eigenvalue weighted by Crippen LogP contribution is 2.36. The Morgan fingerprint density at radius 3 is 2.36 bits per heavy atom. The van der Waals surface area contributed by atoms with Gasteiger partial charge >= 0.3 is 12.7 Å². The third-order valence-electron chi connectivity index (χ3n) is 4.74. The Kier molecular flexibility index (Phi) is 2.85. The zero-order chi connectivity index (χ0) is 16.9. The minimum Gasteiger partial charge on any atom is -0.618 e. The van der Waals surface area contributed by atoms with E-state index in [4.69, 9.17) is 9.31 Å². The number of hydrogen-bond donors (Lipinski definition) is 0. The molecule has 0 bridgehead atoms. The van der Waals surface area contributed by atoms with Gasteiger partial charge in [-0.2, -0.15) is 0 Å². The highest BCUT2D eigenvalue weighted by atomic mass is 16.6. The van der Waals surface area contributed by atoms with E-state index in [1.807, 2.05) is 83.5 Å². The molecule has 0 spiro atoms. The number of benzene rings is 3. The standard InChI is InChI=1S/C20H14BNO3/c23-20-17-11-5-6-12-18(17)22-14-15-8-4-7-13-19(15)24-21(22,25-20)16-9-2-1-3-10-16/h1-14H. The number of fused-ring (bicyclic) bond motifs is 4. The molecule has 0 radical (unpaired) electrons. The van der Waals surface area contributed by atoms with Gasteiger partial charge in [0.15, 0.2) is 5.69 Å². The first-order valence-electron chi connectivity index (χ1n) is 8.22. The summed E-state index contributed by atoms with van der Waals surface area (Å²) in [5.74, 6) is 0.332. The van der Waals surface area contributed by atoms with Gasteiger partial charge in [-0.15, -0.1) is 0 Å². The molecule has 5 rings (SSSR count). The smallest absolute Gasteiger partial charge is 0.618 e. The third-order valence-corrected chi connectivity index (χ3v) is 4.74. The second-order valence-electron chi connectivity index (χ2n) is 6.20. The SMILES string of the molecule is O=C1O[B-]2(c3ccccc3)Oc3ccccc3C=[N+]2c2ccccc21. The Bertz CT molecular complexity index is 1030. The minimum atomic E-state index is -2.19. The van der Waals surface area contributed by atoms with Crippen molar-refractivity contribution in [1.82, 2.24) is 0 Å². The summed E-state index contributed by atoms with van der Waals surface area (Å²) in [7, 11) is 0. The van der Waals surface area contributed by atoms with E-state index in [1.54, 1.807) is 6.07 Å². The van der Waals surface area contributed by atoms with Crippen molar-refractivity contribution in [2.75, 3.05) is 0 Å². The highest BCUT2D eigenvalue weighted by molar-refractivity contribution is 6.77. The molecule has 3 aromatic rings. The maximum Gasteiger partial charge on any atom is 0.686 e. The van der Waals surface area contributed by atoms with Crippen LogP contribution >= 0.6 is 0 Å². The van der Waals surface area contributed by atoms with Crippen molar-refractivity contribution < 1.29 is 18.6 Å². The molecule has 3 aromatic carbocycles. The van der Waals surface area contributed by atoms with Gasteiger partial charge in [0.2, 0.25) is 0 Å². The molecule has 1 atom stereocenters. The summed E-state index contributed by atoms with van der Waals surface area (Å²) < 4.78 is 14.2. The van der Waals surface area contributed by atoms with Crippen LogP contribution in [0.2, 0.25) is 0 Å². The van der Waals surface area contributed by atoms with E-state index in [0.717, 1.165) is 16.7 Å². The molecule has 0 saturated carbocycles. The quantitative estimate of drug-likeness (QED) is 0.645. The predicted octanol–water partition coefficient (Wildman–Crippen LogP) is 2.86. The van der Waals surface area contributed by atoms with Crippen LogP contribution in [0.15, 0.2) is 78.9 Å². The van der Waals surface area contributed by atoms with Gasteiger partial charge in [-0.05, 0) is 23.7 Å². The zero-order valence-electron chi connectivity index (χ0n) is 13.3. The van der Waals surface area contributed by atoms with Crippen LogP contribution in [0.25, 0.3) is 0 Å².